The van der Waals surface area contributed by atoms with Gasteiger partial charge in [-0.1, -0.05) is 30.0 Å². The van der Waals surface area contributed by atoms with Crippen molar-refractivity contribution in [3.05, 3.63) is 60.2 Å². The standard InChI is InChI=1S/C16H13FN4OS/c17-14-8-11(6-7-18-14)13-9-16(21-20-13)23-10-15(22)19-12-4-2-1-3-5-12/h1-8H,9-10H2,(H,19,22). The van der Waals surface area contributed by atoms with Gasteiger partial charge in [-0.15, -0.1) is 5.10 Å². The number of hydrogen-bond acceptors (Lipinski definition) is 5. The number of anilines is 1. The number of para-hydroxylation sites is 1. The Morgan fingerprint density at radius 1 is 1.22 bits per heavy atom. The van der Waals surface area contributed by atoms with Crippen molar-refractivity contribution in [2.24, 2.45) is 10.2 Å². The monoisotopic (exact) mass is 328 g/mol. The Bertz CT molecular complexity index is 777. The van der Waals surface area contributed by atoms with E-state index in [1.807, 2.05) is 30.3 Å². The number of nitrogens with zero attached hydrogens (tertiary/aromatic N) is 3. The largest absolute Gasteiger partial charge is 0.325 e. The summed E-state index contributed by atoms with van der Waals surface area (Å²) < 4.78 is 13.1. The zero-order chi connectivity index (χ0) is 16.1. The Kier molecular flexibility index (Phi) is 4.77. The van der Waals surface area contributed by atoms with Crippen LogP contribution in [0.1, 0.15) is 12.0 Å². The van der Waals surface area contributed by atoms with Crippen LogP contribution in [0.25, 0.3) is 0 Å². The van der Waals surface area contributed by atoms with Crippen LogP contribution in [0.2, 0.25) is 0 Å². The van der Waals surface area contributed by atoms with Crippen LogP contribution in [0.5, 0.6) is 0 Å². The first kappa shape index (κ1) is 15.4. The van der Waals surface area contributed by atoms with Crippen molar-refractivity contribution in [1.82, 2.24) is 4.98 Å². The summed E-state index contributed by atoms with van der Waals surface area (Å²) >= 11 is 1.33. The first-order valence-electron chi connectivity index (χ1n) is 6.94. The third kappa shape index (κ3) is 4.23. The Labute approximate surface area is 136 Å². The molecule has 1 aromatic heterocycles. The van der Waals surface area contributed by atoms with E-state index >= 15 is 0 Å². The summed E-state index contributed by atoms with van der Waals surface area (Å²) in [5.41, 5.74) is 2.10. The molecule has 1 aliphatic heterocycles. The minimum Gasteiger partial charge on any atom is -0.325 e. The number of pyridine rings is 1. The molecule has 23 heavy (non-hydrogen) atoms. The number of carbonyl (C=O) groups is 1. The van der Waals surface area contributed by atoms with E-state index in [4.69, 9.17) is 0 Å². The quantitative estimate of drug-likeness (QED) is 0.877. The second-order valence-electron chi connectivity index (χ2n) is 4.79. The van der Waals surface area contributed by atoms with Crippen molar-refractivity contribution in [2.45, 2.75) is 6.42 Å². The van der Waals surface area contributed by atoms with Gasteiger partial charge in [0.05, 0.1) is 11.5 Å². The molecule has 5 nitrogen and oxygen atoms in total. The van der Waals surface area contributed by atoms with E-state index < -0.39 is 5.95 Å². The van der Waals surface area contributed by atoms with Crippen LogP contribution in [-0.4, -0.2) is 27.4 Å². The van der Waals surface area contributed by atoms with Crippen LogP contribution in [0, 0.1) is 5.95 Å². The number of carbonyl (C=O) groups excluding carboxylic acids is 1. The summed E-state index contributed by atoms with van der Waals surface area (Å²) in [7, 11) is 0. The molecule has 0 unspecified atom stereocenters. The predicted molar refractivity (Wildman–Crippen MR) is 90.3 cm³/mol. The van der Waals surface area contributed by atoms with E-state index in [2.05, 4.69) is 20.5 Å². The molecule has 0 aliphatic carbocycles. The molecule has 0 atom stereocenters. The molecule has 1 aromatic carbocycles. The van der Waals surface area contributed by atoms with E-state index in [0.717, 1.165) is 10.7 Å². The molecule has 0 spiro atoms. The van der Waals surface area contributed by atoms with Crippen LogP contribution in [0.3, 0.4) is 0 Å². The molecule has 1 amide bonds. The lowest BCUT2D eigenvalue weighted by atomic mass is 10.1. The summed E-state index contributed by atoms with van der Waals surface area (Å²) in [6.07, 6.45) is 1.89. The number of thioether (sulfide) groups is 1. The summed E-state index contributed by atoms with van der Waals surface area (Å²) in [5.74, 6) is -0.401. The number of hydrogen-bond donors (Lipinski definition) is 1. The van der Waals surface area contributed by atoms with Gasteiger partial charge in [-0.2, -0.15) is 9.49 Å². The Hall–Kier alpha value is -2.54. The van der Waals surface area contributed by atoms with E-state index in [-0.39, 0.29) is 11.7 Å². The van der Waals surface area contributed by atoms with Crippen LogP contribution >= 0.6 is 11.8 Å². The third-order valence-corrected chi connectivity index (χ3v) is 4.05. The molecule has 0 bridgehead atoms. The molecule has 1 N–H and O–H groups in total. The highest BCUT2D eigenvalue weighted by molar-refractivity contribution is 8.14. The third-order valence-electron chi connectivity index (χ3n) is 3.09. The highest BCUT2D eigenvalue weighted by Crippen LogP contribution is 2.19. The van der Waals surface area contributed by atoms with Crippen molar-refractivity contribution < 1.29 is 9.18 Å². The lowest BCUT2D eigenvalue weighted by Gasteiger charge is -2.04. The maximum absolute atomic E-state index is 13.1. The van der Waals surface area contributed by atoms with Crippen molar-refractivity contribution in [3.63, 3.8) is 0 Å². The second kappa shape index (κ2) is 7.15. The van der Waals surface area contributed by atoms with E-state index in [0.29, 0.717) is 17.7 Å². The summed E-state index contributed by atoms with van der Waals surface area (Å²) in [6, 6.07) is 12.3. The highest BCUT2D eigenvalue weighted by atomic mass is 32.2. The molecule has 0 fully saturated rings. The first-order valence-corrected chi connectivity index (χ1v) is 7.92. The molecule has 116 valence electrons. The fourth-order valence-electron chi connectivity index (χ4n) is 2.02. The summed E-state index contributed by atoms with van der Waals surface area (Å²) in [6.45, 7) is 0. The normalized spacial score (nSPS) is 13.4. The minimum absolute atomic E-state index is 0.104. The second-order valence-corrected chi connectivity index (χ2v) is 5.84. The fourth-order valence-corrected chi connectivity index (χ4v) is 2.73. The molecule has 0 saturated heterocycles. The zero-order valence-electron chi connectivity index (χ0n) is 12.1. The SMILES string of the molecule is O=C(CSC1=NN=C(c2ccnc(F)c2)C1)Nc1ccccc1. The van der Waals surface area contributed by atoms with Gasteiger partial charge in [-0.05, 0) is 18.2 Å². The molecular weight excluding hydrogens is 315 g/mol. The zero-order valence-corrected chi connectivity index (χ0v) is 12.9. The van der Waals surface area contributed by atoms with Gasteiger partial charge in [0, 0.05) is 29.9 Å². The highest BCUT2D eigenvalue weighted by Gasteiger charge is 2.16. The van der Waals surface area contributed by atoms with Crippen molar-refractivity contribution in [1.29, 1.82) is 0 Å². The first-order chi connectivity index (χ1) is 11.2. The van der Waals surface area contributed by atoms with E-state index in [9.17, 15) is 9.18 Å². The average molecular weight is 328 g/mol. The molecule has 3 rings (SSSR count). The Morgan fingerprint density at radius 3 is 2.83 bits per heavy atom. The lowest BCUT2D eigenvalue weighted by molar-refractivity contribution is -0.113. The Morgan fingerprint density at radius 2 is 2.04 bits per heavy atom. The maximum atomic E-state index is 13.1. The molecule has 1 aliphatic rings. The average Bonchev–Trinajstić information content (AvgIpc) is 3.03. The van der Waals surface area contributed by atoms with Gasteiger partial charge in [-0.25, -0.2) is 4.98 Å². The topological polar surface area (TPSA) is 66.7 Å². The van der Waals surface area contributed by atoms with E-state index in [1.54, 1.807) is 6.07 Å². The van der Waals surface area contributed by atoms with Crippen molar-refractivity contribution >= 4 is 34.1 Å². The Balaban J connectivity index is 1.49. The molecule has 2 heterocycles. The summed E-state index contributed by atoms with van der Waals surface area (Å²) in [5, 5.41) is 11.6. The van der Waals surface area contributed by atoms with Gasteiger partial charge in [0.1, 0.15) is 5.04 Å². The summed E-state index contributed by atoms with van der Waals surface area (Å²) in [4.78, 5) is 15.4. The number of amides is 1. The van der Waals surface area contributed by atoms with Gasteiger partial charge in [-0.3, -0.25) is 4.79 Å². The van der Waals surface area contributed by atoms with Gasteiger partial charge < -0.3 is 5.32 Å². The fraction of sp³-hybridized carbons (Fsp3) is 0.125. The van der Waals surface area contributed by atoms with Gasteiger partial charge in [0.25, 0.3) is 0 Å². The number of nitrogens with one attached hydrogen (secondary N) is 1. The van der Waals surface area contributed by atoms with Crippen LogP contribution in [-0.2, 0) is 4.79 Å². The van der Waals surface area contributed by atoms with Gasteiger partial charge in [0.15, 0.2) is 0 Å². The minimum atomic E-state index is -0.548. The maximum Gasteiger partial charge on any atom is 0.234 e. The van der Waals surface area contributed by atoms with Crippen LogP contribution in [0.4, 0.5) is 10.1 Å². The molecule has 0 radical (unpaired) electrons. The van der Waals surface area contributed by atoms with Crippen molar-refractivity contribution in [2.75, 3.05) is 11.1 Å². The number of halogens is 1. The molecule has 0 saturated carbocycles. The number of aromatic nitrogens is 1. The predicted octanol–water partition coefficient (Wildman–Crippen LogP) is 3.10. The smallest absolute Gasteiger partial charge is 0.234 e. The van der Waals surface area contributed by atoms with Gasteiger partial charge in [0.2, 0.25) is 11.9 Å². The van der Waals surface area contributed by atoms with Crippen LogP contribution in [0.15, 0.2) is 58.9 Å². The number of rotatable bonds is 4. The van der Waals surface area contributed by atoms with Gasteiger partial charge >= 0.3 is 0 Å². The molecular formula is C16H13FN4OS. The van der Waals surface area contributed by atoms with Crippen LogP contribution < -0.4 is 5.32 Å². The van der Waals surface area contributed by atoms with E-state index in [1.165, 1.54) is 24.0 Å². The lowest BCUT2D eigenvalue weighted by Crippen LogP contribution is -2.15. The number of benzene rings is 1. The van der Waals surface area contributed by atoms with Crippen molar-refractivity contribution in [3.8, 4) is 0 Å². The molecule has 2 aromatic rings. The molecule has 7 heteroatoms.